The molecule has 1 heterocycles. The number of ether oxygens (including phenoxy) is 1. The second kappa shape index (κ2) is 6.88. The third kappa shape index (κ3) is 3.60. The molecule has 0 radical (unpaired) electrons. The van der Waals surface area contributed by atoms with Crippen LogP contribution in [0.3, 0.4) is 0 Å². The molecule has 1 aliphatic rings. The lowest BCUT2D eigenvalue weighted by Gasteiger charge is -2.13. The number of amides is 2. The lowest BCUT2D eigenvalue weighted by Crippen LogP contribution is -2.35. The average molecular weight is 346 g/mol. The molecule has 2 aromatic rings. The van der Waals surface area contributed by atoms with Crippen LogP contribution in [0.4, 0.5) is 19.3 Å². The summed E-state index contributed by atoms with van der Waals surface area (Å²) in [5, 5.41) is 2.40. The molecule has 1 N–H and O–H groups in total. The van der Waals surface area contributed by atoms with Crippen LogP contribution in [0.15, 0.2) is 42.5 Å². The van der Waals surface area contributed by atoms with E-state index in [4.69, 9.17) is 4.74 Å². The molecule has 3 rings (SSSR count). The first-order valence-corrected chi connectivity index (χ1v) is 7.72. The van der Waals surface area contributed by atoms with Gasteiger partial charge in [-0.15, -0.1) is 0 Å². The zero-order valence-corrected chi connectivity index (χ0v) is 13.5. The topological polar surface area (TPSA) is 58.6 Å². The quantitative estimate of drug-likeness (QED) is 0.926. The maximum Gasteiger partial charge on any atom is 0.414 e. The number of carbonyl (C=O) groups is 2. The van der Waals surface area contributed by atoms with Crippen LogP contribution in [-0.4, -0.2) is 31.2 Å². The number of rotatable bonds is 4. The molecule has 2 aromatic carbocycles. The Morgan fingerprint density at radius 3 is 2.48 bits per heavy atom. The Hall–Kier alpha value is -2.96. The minimum Gasteiger partial charge on any atom is -0.442 e. The van der Waals surface area contributed by atoms with E-state index in [-0.39, 0.29) is 13.1 Å². The van der Waals surface area contributed by atoms with Gasteiger partial charge in [0.2, 0.25) is 0 Å². The Kier molecular flexibility index (Phi) is 4.65. The smallest absolute Gasteiger partial charge is 0.414 e. The van der Waals surface area contributed by atoms with Crippen molar-refractivity contribution in [1.82, 2.24) is 5.32 Å². The van der Waals surface area contributed by atoms with Gasteiger partial charge >= 0.3 is 6.09 Å². The van der Waals surface area contributed by atoms with Crippen LogP contribution in [0.25, 0.3) is 0 Å². The number of hydrogen-bond donors (Lipinski definition) is 1. The summed E-state index contributed by atoms with van der Waals surface area (Å²) < 4.78 is 32.4. The van der Waals surface area contributed by atoms with Crippen LogP contribution >= 0.6 is 0 Å². The van der Waals surface area contributed by atoms with Crippen molar-refractivity contribution in [3.8, 4) is 0 Å². The fraction of sp³-hybridized carbons (Fsp3) is 0.222. The van der Waals surface area contributed by atoms with Gasteiger partial charge in [0.25, 0.3) is 5.91 Å². The highest BCUT2D eigenvalue weighted by Crippen LogP contribution is 2.22. The molecule has 1 fully saturated rings. The highest BCUT2D eigenvalue weighted by molar-refractivity contribution is 5.95. The zero-order chi connectivity index (χ0) is 18.0. The van der Waals surface area contributed by atoms with Gasteiger partial charge in [-0.3, -0.25) is 9.69 Å². The van der Waals surface area contributed by atoms with E-state index in [0.717, 1.165) is 17.7 Å². The minimum atomic E-state index is -0.942. The molecule has 25 heavy (non-hydrogen) atoms. The molecule has 0 spiro atoms. The molecular formula is C18H16F2N2O3. The van der Waals surface area contributed by atoms with Gasteiger partial charge in [0.1, 0.15) is 23.3 Å². The Morgan fingerprint density at radius 1 is 1.20 bits per heavy atom. The highest BCUT2D eigenvalue weighted by atomic mass is 19.1. The summed E-state index contributed by atoms with van der Waals surface area (Å²) in [6, 6.07) is 10.5. The molecule has 130 valence electrons. The van der Waals surface area contributed by atoms with E-state index in [9.17, 15) is 18.4 Å². The van der Waals surface area contributed by atoms with Gasteiger partial charge < -0.3 is 10.1 Å². The summed E-state index contributed by atoms with van der Waals surface area (Å²) in [7, 11) is 0. The SMILES string of the molecule is Cc1ccc(N2C[C@H](CNC(=O)c3c(F)cccc3F)OC2=O)cc1. The van der Waals surface area contributed by atoms with Gasteiger partial charge in [-0.25, -0.2) is 13.6 Å². The molecule has 0 saturated carbocycles. The van der Waals surface area contributed by atoms with Crippen LogP contribution in [0, 0.1) is 18.6 Å². The molecule has 2 amide bonds. The Labute approximate surface area is 143 Å². The van der Waals surface area contributed by atoms with E-state index in [0.29, 0.717) is 5.69 Å². The lowest BCUT2D eigenvalue weighted by molar-refractivity contribution is 0.0908. The fourth-order valence-corrected chi connectivity index (χ4v) is 2.57. The Balaban J connectivity index is 1.62. The van der Waals surface area contributed by atoms with Crippen molar-refractivity contribution in [2.45, 2.75) is 13.0 Å². The second-order valence-electron chi connectivity index (χ2n) is 5.76. The number of carbonyl (C=O) groups excluding carboxylic acids is 2. The molecule has 1 saturated heterocycles. The van der Waals surface area contributed by atoms with Crippen molar-refractivity contribution in [2.24, 2.45) is 0 Å². The summed E-state index contributed by atoms with van der Waals surface area (Å²) >= 11 is 0. The maximum atomic E-state index is 13.6. The number of benzene rings is 2. The average Bonchev–Trinajstić information content (AvgIpc) is 2.94. The summed E-state index contributed by atoms with van der Waals surface area (Å²) in [5.74, 6) is -2.77. The van der Waals surface area contributed by atoms with Gasteiger partial charge in [0.05, 0.1) is 13.1 Å². The minimum absolute atomic E-state index is 0.0410. The third-order valence-corrected chi connectivity index (χ3v) is 3.90. The van der Waals surface area contributed by atoms with Gasteiger partial charge in [0.15, 0.2) is 0 Å². The van der Waals surface area contributed by atoms with E-state index in [1.54, 1.807) is 12.1 Å². The molecule has 0 aromatic heterocycles. The summed E-state index contributed by atoms with van der Waals surface area (Å²) in [4.78, 5) is 25.4. The highest BCUT2D eigenvalue weighted by Gasteiger charge is 2.32. The van der Waals surface area contributed by atoms with Crippen molar-refractivity contribution in [3.05, 3.63) is 65.2 Å². The summed E-state index contributed by atoms with van der Waals surface area (Å²) in [5.41, 5.74) is 1.10. The summed E-state index contributed by atoms with van der Waals surface area (Å²) in [6.07, 6.45) is -1.13. The van der Waals surface area contributed by atoms with Gasteiger partial charge in [-0.1, -0.05) is 23.8 Å². The first-order chi connectivity index (χ1) is 12.0. The monoisotopic (exact) mass is 346 g/mol. The summed E-state index contributed by atoms with van der Waals surface area (Å²) in [6.45, 7) is 2.13. The van der Waals surface area contributed by atoms with E-state index in [1.807, 2.05) is 19.1 Å². The van der Waals surface area contributed by atoms with Gasteiger partial charge in [0, 0.05) is 5.69 Å². The number of nitrogens with zero attached hydrogens (tertiary/aromatic N) is 1. The number of cyclic esters (lactones) is 1. The predicted octanol–water partition coefficient (Wildman–Crippen LogP) is 3.03. The number of hydrogen-bond acceptors (Lipinski definition) is 3. The largest absolute Gasteiger partial charge is 0.442 e. The van der Waals surface area contributed by atoms with Crippen molar-refractivity contribution in [3.63, 3.8) is 0 Å². The third-order valence-electron chi connectivity index (χ3n) is 3.90. The van der Waals surface area contributed by atoms with Crippen molar-refractivity contribution < 1.29 is 23.1 Å². The van der Waals surface area contributed by atoms with Crippen molar-refractivity contribution in [2.75, 3.05) is 18.0 Å². The molecule has 7 heteroatoms. The lowest BCUT2D eigenvalue weighted by atomic mass is 10.2. The number of anilines is 1. The Bertz CT molecular complexity index is 788. The van der Waals surface area contributed by atoms with Crippen LogP contribution in [0.1, 0.15) is 15.9 Å². The molecule has 1 aliphatic heterocycles. The second-order valence-corrected chi connectivity index (χ2v) is 5.76. The van der Waals surface area contributed by atoms with Crippen LogP contribution in [0.2, 0.25) is 0 Å². The number of halogens is 2. The van der Waals surface area contributed by atoms with Gasteiger partial charge in [-0.2, -0.15) is 0 Å². The number of aryl methyl sites for hydroxylation is 1. The first kappa shape index (κ1) is 16.9. The van der Waals surface area contributed by atoms with E-state index >= 15 is 0 Å². The predicted molar refractivity (Wildman–Crippen MR) is 87.5 cm³/mol. The fourth-order valence-electron chi connectivity index (χ4n) is 2.57. The molecule has 0 bridgehead atoms. The first-order valence-electron chi connectivity index (χ1n) is 7.72. The van der Waals surface area contributed by atoms with Crippen LogP contribution in [-0.2, 0) is 4.74 Å². The standard InChI is InChI=1S/C18H16F2N2O3/c1-11-5-7-12(8-6-11)22-10-13(25-18(22)24)9-21-17(23)16-14(19)3-2-4-15(16)20/h2-8,13H,9-10H2,1H3,(H,21,23)/t13-/m0/s1. The van der Waals surface area contributed by atoms with E-state index in [1.165, 1.54) is 11.0 Å². The van der Waals surface area contributed by atoms with Crippen LogP contribution < -0.4 is 10.2 Å². The van der Waals surface area contributed by atoms with E-state index < -0.39 is 35.3 Å². The van der Waals surface area contributed by atoms with Gasteiger partial charge in [-0.05, 0) is 31.2 Å². The molecule has 5 nitrogen and oxygen atoms in total. The number of nitrogens with one attached hydrogen (secondary N) is 1. The zero-order valence-electron chi connectivity index (χ0n) is 13.5. The molecule has 1 atom stereocenters. The maximum absolute atomic E-state index is 13.6. The van der Waals surface area contributed by atoms with Crippen molar-refractivity contribution in [1.29, 1.82) is 0 Å². The van der Waals surface area contributed by atoms with E-state index in [2.05, 4.69) is 5.32 Å². The molecule has 0 unspecified atom stereocenters. The Morgan fingerprint density at radius 2 is 1.84 bits per heavy atom. The normalized spacial score (nSPS) is 16.7. The molecule has 0 aliphatic carbocycles. The van der Waals surface area contributed by atoms with Crippen LogP contribution in [0.5, 0.6) is 0 Å². The van der Waals surface area contributed by atoms with Crippen molar-refractivity contribution >= 4 is 17.7 Å². The molecular weight excluding hydrogens is 330 g/mol.